The summed E-state index contributed by atoms with van der Waals surface area (Å²) in [6.45, 7) is -0.325. The highest BCUT2D eigenvalue weighted by Gasteiger charge is 2.38. The van der Waals surface area contributed by atoms with E-state index in [1.807, 2.05) is 0 Å². The van der Waals surface area contributed by atoms with Gasteiger partial charge in [-0.3, -0.25) is 4.79 Å². The second kappa shape index (κ2) is 5.41. The van der Waals surface area contributed by atoms with Gasteiger partial charge in [0.05, 0.1) is 25.2 Å². The summed E-state index contributed by atoms with van der Waals surface area (Å²) < 4.78 is 10.2. The molecule has 0 radical (unpaired) electrons. The van der Waals surface area contributed by atoms with Crippen molar-refractivity contribution in [2.75, 3.05) is 13.7 Å². The molecule has 6 nitrogen and oxygen atoms in total. The first-order valence-corrected chi connectivity index (χ1v) is 4.77. The molecule has 1 saturated heterocycles. The van der Waals surface area contributed by atoms with Crippen LogP contribution in [0.5, 0.6) is 0 Å². The smallest absolute Gasteiger partial charge is 0.303 e. The molecule has 6 heteroatoms. The van der Waals surface area contributed by atoms with E-state index in [9.17, 15) is 9.90 Å². The highest BCUT2D eigenvalue weighted by molar-refractivity contribution is 5.67. The van der Waals surface area contributed by atoms with Crippen molar-refractivity contribution in [3.05, 3.63) is 0 Å². The maximum Gasteiger partial charge on any atom is 0.303 e. The minimum atomic E-state index is -1.02. The quantitative estimate of drug-likeness (QED) is 0.573. The summed E-state index contributed by atoms with van der Waals surface area (Å²) >= 11 is 0. The molecule has 0 spiro atoms. The lowest BCUT2D eigenvalue weighted by Gasteiger charge is -2.37. The van der Waals surface area contributed by atoms with E-state index in [1.165, 1.54) is 7.11 Å². The largest absolute Gasteiger partial charge is 0.481 e. The Kier molecular flexibility index (Phi) is 4.46. The molecular formula is C9H16O6. The van der Waals surface area contributed by atoms with Crippen LogP contribution >= 0.6 is 0 Å². The molecule has 0 amide bonds. The first-order valence-electron chi connectivity index (χ1n) is 4.77. The summed E-state index contributed by atoms with van der Waals surface area (Å²) in [5, 5.41) is 27.3. The van der Waals surface area contributed by atoms with Crippen LogP contribution in [0.2, 0.25) is 0 Å². The fraction of sp³-hybridized carbons (Fsp3) is 0.889. The summed E-state index contributed by atoms with van der Waals surface area (Å²) in [6.07, 6.45) is -2.08. The highest BCUT2D eigenvalue weighted by Crippen LogP contribution is 2.28. The van der Waals surface area contributed by atoms with Crippen LogP contribution in [-0.4, -0.2) is 53.5 Å². The summed E-state index contributed by atoms with van der Waals surface area (Å²) in [5.74, 6) is -1.60. The van der Waals surface area contributed by atoms with E-state index in [-0.39, 0.29) is 19.4 Å². The summed E-state index contributed by atoms with van der Waals surface area (Å²) in [7, 11) is 1.43. The lowest BCUT2D eigenvalue weighted by molar-refractivity contribution is -0.235. The predicted octanol–water partition coefficient (Wildman–Crippen LogP) is -0.808. The number of carbonyl (C=O) groups is 1. The highest BCUT2D eigenvalue weighted by atomic mass is 16.7. The van der Waals surface area contributed by atoms with Crippen LogP contribution in [0.4, 0.5) is 0 Å². The van der Waals surface area contributed by atoms with Crippen molar-refractivity contribution in [2.24, 2.45) is 5.92 Å². The van der Waals surface area contributed by atoms with Crippen molar-refractivity contribution in [1.29, 1.82) is 0 Å². The Hall–Kier alpha value is -0.690. The molecule has 0 bridgehead atoms. The molecular weight excluding hydrogens is 204 g/mol. The average Bonchev–Trinajstić information content (AvgIpc) is 2.20. The molecule has 0 saturated carbocycles. The first kappa shape index (κ1) is 12.4. The molecule has 3 N–H and O–H groups in total. The third-order valence-electron chi connectivity index (χ3n) is 2.59. The van der Waals surface area contributed by atoms with Crippen LogP contribution in [0.1, 0.15) is 12.8 Å². The molecule has 0 aromatic heterocycles. The number of rotatable bonds is 4. The van der Waals surface area contributed by atoms with E-state index in [2.05, 4.69) is 0 Å². The van der Waals surface area contributed by atoms with Crippen molar-refractivity contribution < 1.29 is 29.6 Å². The Bertz CT molecular complexity index is 219. The van der Waals surface area contributed by atoms with E-state index in [4.69, 9.17) is 19.7 Å². The van der Waals surface area contributed by atoms with Gasteiger partial charge in [-0.1, -0.05) is 0 Å². The minimum Gasteiger partial charge on any atom is -0.481 e. The zero-order valence-corrected chi connectivity index (χ0v) is 8.50. The zero-order chi connectivity index (χ0) is 11.4. The Labute approximate surface area is 87.4 Å². The second-order valence-corrected chi connectivity index (χ2v) is 3.59. The van der Waals surface area contributed by atoms with E-state index in [0.717, 1.165) is 0 Å². The van der Waals surface area contributed by atoms with Crippen molar-refractivity contribution in [3.8, 4) is 0 Å². The van der Waals surface area contributed by atoms with Crippen molar-refractivity contribution in [2.45, 2.75) is 31.3 Å². The fourth-order valence-corrected chi connectivity index (χ4v) is 1.77. The predicted molar refractivity (Wildman–Crippen MR) is 49.1 cm³/mol. The number of carboxylic acids is 1. The number of carboxylic acid groups (broad SMARTS) is 1. The third kappa shape index (κ3) is 3.13. The van der Waals surface area contributed by atoms with Crippen molar-refractivity contribution in [1.82, 2.24) is 0 Å². The molecule has 1 rings (SSSR count). The van der Waals surface area contributed by atoms with Crippen LogP contribution in [0, 0.1) is 5.92 Å². The lowest BCUT2D eigenvalue weighted by Crippen LogP contribution is -2.47. The van der Waals surface area contributed by atoms with Crippen LogP contribution in [0.3, 0.4) is 0 Å². The Morgan fingerprint density at radius 3 is 2.73 bits per heavy atom. The lowest BCUT2D eigenvalue weighted by atomic mass is 9.88. The molecule has 1 aliphatic rings. The topological polar surface area (TPSA) is 96.2 Å². The molecule has 0 aromatic rings. The van der Waals surface area contributed by atoms with Gasteiger partial charge in [0.1, 0.15) is 0 Å². The SMILES string of the molecule is CO[C@@H]1C[C@@H](O)[C@@H](CC(=O)O)[C@H](CO)O1. The Balaban J connectivity index is 2.64. The maximum atomic E-state index is 10.5. The first-order chi connectivity index (χ1) is 7.08. The van der Waals surface area contributed by atoms with Gasteiger partial charge in [0, 0.05) is 19.4 Å². The van der Waals surface area contributed by atoms with Crippen molar-refractivity contribution in [3.63, 3.8) is 0 Å². The number of hydrogen-bond donors (Lipinski definition) is 3. The molecule has 4 atom stereocenters. The monoisotopic (exact) mass is 220 g/mol. The summed E-state index contributed by atoms with van der Waals surface area (Å²) in [5.41, 5.74) is 0. The molecule has 1 fully saturated rings. The number of aliphatic hydroxyl groups excluding tert-OH is 2. The Morgan fingerprint density at radius 2 is 2.27 bits per heavy atom. The third-order valence-corrected chi connectivity index (χ3v) is 2.59. The molecule has 0 aromatic carbocycles. The number of hydrogen-bond acceptors (Lipinski definition) is 5. The molecule has 0 unspecified atom stereocenters. The molecule has 1 aliphatic heterocycles. The summed E-state index contributed by atoms with van der Waals surface area (Å²) in [4.78, 5) is 10.5. The zero-order valence-electron chi connectivity index (χ0n) is 8.50. The van der Waals surface area contributed by atoms with Crippen LogP contribution in [-0.2, 0) is 14.3 Å². The van der Waals surface area contributed by atoms with Gasteiger partial charge in [0.25, 0.3) is 0 Å². The second-order valence-electron chi connectivity index (χ2n) is 3.59. The van der Waals surface area contributed by atoms with Crippen LogP contribution in [0.25, 0.3) is 0 Å². The number of aliphatic hydroxyl groups is 2. The molecule has 1 heterocycles. The van der Waals surface area contributed by atoms with Gasteiger partial charge in [0.15, 0.2) is 6.29 Å². The molecule has 88 valence electrons. The van der Waals surface area contributed by atoms with E-state index >= 15 is 0 Å². The van der Waals surface area contributed by atoms with E-state index in [0.29, 0.717) is 0 Å². The van der Waals surface area contributed by atoms with Gasteiger partial charge in [-0.15, -0.1) is 0 Å². The average molecular weight is 220 g/mol. The van der Waals surface area contributed by atoms with Crippen LogP contribution in [0.15, 0.2) is 0 Å². The van der Waals surface area contributed by atoms with Gasteiger partial charge in [0.2, 0.25) is 0 Å². The maximum absolute atomic E-state index is 10.5. The van der Waals surface area contributed by atoms with Gasteiger partial charge >= 0.3 is 5.97 Å². The normalized spacial score (nSPS) is 36.5. The van der Waals surface area contributed by atoms with Crippen LogP contribution < -0.4 is 0 Å². The van der Waals surface area contributed by atoms with E-state index in [1.54, 1.807) is 0 Å². The standard InChI is InChI=1S/C9H16O6/c1-14-9-3-6(11)5(2-8(12)13)7(4-10)15-9/h5-7,9-11H,2-4H2,1H3,(H,12,13)/t5-,6-,7+,9+/m1/s1. The van der Waals surface area contributed by atoms with Gasteiger partial charge in [-0.05, 0) is 0 Å². The number of aliphatic carboxylic acids is 1. The van der Waals surface area contributed by atoms with Gasteiger partial charge in [-0.25, -0.2) is 0 Å². The van der Waals surface area contributed by atoms with Gasteiger partial charge < -0.3 is 24.8 Å². The Morgan fingerprint density at radius 1 is 1.60 bits per heavy atom. The van der Waals surface area contributed by atoms with Crippen molar-refractivity contribution >= 4 is 5.97 Å². The molecule has 15 heavy (non-hydrogen) atoms. The van der Waals surface area contributed by atoms with Gasteiger partial charge in [-0.2, -0.15) is 0 Å². The fourth-order valence-electron chi connectivity index (χ4n) is 1.77. The number of methoxy groups -OCH3 is 1. The van der Waals surface area contributed by atoms with E-state index < -0.39 is 30.4 Å². The summed E-state index contributed by atoms with van der Waals surface area (Å²) in [6, 6.07) is 0. The minimum absolute atomic E-state index is 0.219. The molecule has 0 aliphatic carbocycles. The number of ether oxygens (including phenoxy) is 2.